The van der Waals surface area contributed by atoms with E-state index in [0.29, 0.717) is 24.7 Å². The average molecular weight is 310 g/mol. The molecule has 3 aromatic heterocycles. The highest BCUT2D eigenvalue weighted by atomic mass is 16.2. The van der Waals surface area contributed by atoms with Crippen molar-refractivity contribution in [3.05, 3.63) is 37.1 Å². The normalized spacial score (nSPS) is 14.3. The Balaban J connectivity index is 1.46. The van der Waals surface area contributed by atoms with Gasteiger partial charge in [-0.25, -0.2) is 14.8 Å². The van der Waals surface area contributed by atoms with Crippen molar-refractivity contribution in [2.75, 3.05) is 0 Å². The molecular formula is C16H18N6O. The van der Waals surface area contributed by atoms with Gasteiger partial charge < -0.3 is 20.2 Å². The number of aromatic nitrogens is 4. The summed E-state index contributed by atoms with van der Waals surface area (Å²) in [5.74, 6) is 0. The lowest BCUT2D eigenvalue weighted by molar-refractivity contribution is 0.242. The van der Waals surface area contributed by atoms with Gasteiger partial charge in [0.25, 0.3) is 0 Å². The molecule has 1 aliphatic carbocycles. The van der Waals surface area contributed by atoms with E-state index in [0.717, 1.165) is 34.9 Å². The van der Waals surface area contributed by atoms with Crippen LogP contribution in [0.5, 0.6) is 0 Å². The molecule has 23 heavy (non-hydrogen) atoms. The second kappa shape index (κ2) is 5.42. The Kier molecular flexibility index (Phi) is 3.25. The van der Waals surface area contributed by atoms with Crippen LogP contribution in [0.25, 0.3) is 22.1 Å². The smallest absolute Gasteiger partial charge is 0.319 e. The SMILES string of the molecule is C=C(CCn1cnc2cnc3[nH]ccc3c21)NC(=O)NC1CC1. The van der Waals surface area contributed by atoms with Crippen molar-refractivity contribution in [3.8, 4) is 0 Å². The first-order chi connectivity index (χ1) is 11.2. The summed E-state index contributed by atoms with van der Waals surface area (Å²) in [7, 11) is 0. The van der Waals surface area contributed by atoms with Crippen LogP contribution in [0.15, 0.2) is 37.1 Å². The molecule has 3 N–H and O–H groups in total. The van der Waals surface area contributed by atoms with E-state index in [1.807, 2.05) is 12.3 Å². The summed E-state index contributed by atoms with van der Waals surface area (Å²) in [5.41, 5.74) is 3.46. The molecule has 0 unspecified atom stereocenters. The van der Waals surface area contributed by atoms with Gasteiger partial charge in [-0.15, -0.1) is 0 Å². The summed E-state index contributed by atoms with van der Waals surface area (Å²) in [5, 5.41) is 6.73. The highest BCUT2D eigenvalue weighted by Gasteiger charge is 2.23. The molecule has 7 nitrogen and oxygen atoms in total. The number of hydrogen-bond acceptors (Lipinski definition) is 3. The lowest BCUT2D eigenvalue weighted by Crippen LogP contribution is -2.36. The van der Waals surface area contributed by atoms with Crippen molar-refractivity contribution in [2.24, 2.45) is 0 Å². The van der Waals surface area contributed by atoms with Crippen LogP contribution in [0, 0.1) is 0 Å². The van der Waals surface area contributed by atoms with E-state index >= 15 is 0 Å². The van der Waals surface area contributed by atoms with E-state index in [1.165, 1.54) is 0 Å². The number of carbonyl (C=O) groups is 1. The predicted octanol–water partition coefficient (Wildman–Crippen LogP) is 2.28. The number of urea groups is 1. The quantitative estimate of drug-likeness (QED) is 0.675. The van der Waals surface area contributed by atoms with Gasteiger partial charge in [-0.1, -0.05) is 6.58 Å². The minimum Gasteiger partial charge on any atom is -0.346 e. The average Bonchev–Trinajstić information content (AvgIpc) is 3.06. The monoisotopic (exact) mass is 310 g/mol. The molecule has 1 saturated carbocycles. The van der Waals surface area contributed by atoms with Gasteiger partial charge in [0, 0.05) is 36.3 Å². The lowest BCUT2D eigenvalue weighted by Gasteiger charge is -2.10. The molecule has 118 valence electrons. The third-order valence-corrected chi connectivity index (χ3v) is 4.02. The maximum Gasteiger partial charge on any atom is 0.319 e. The van der Waals surface area contributed by atoms with Gasteiger partial charge in [-0.05, 0) is 18.9 Å². The third-order valence-electron chi connectivity index (χ3n) is 4.02. The van der Waals surface area contributed by atoms with Crippen LogP contribution in [-0.2, 0) is 6.54 Å². The van der Waals surface area contributed by atoms with Crippen LogP contribution in [0.1, 0.15) is 19.3 Å². The number of imidazole rings is 1. The molecule has 1 aliphatic rings. The maximum atomic E-state index is 11.7. The molecule has 1 fully saturated rings. The number of H-pyrrole nitrogens is 1. The highest BCUT2D eigenvalue weighted by molar-refractivity contribution is 6.00. The third kappa shape index (κ3) is 2.77. The molecule has 0 spiro atoms. The summed E-state index contributed by atoms with van der Waals surface area (Å²) < 4.78 is 2.07. The first-order valence-electron chi connectivity index (χ1n) is 7.73. The van der Waals surface area contributed by atoms with Crippen molar-refractivity contribution >= 4 is 28.1 Å². The summed E-state index contributed by atoms with van der Waals surface area (Å²) >= 11 is 0. The number of fused-ring (bicyclic) bond motifs is 3. The Bertz CT molecular complexity index is 888. The van der Waals surface area contributed by atoms with Crippen molar-refractivity contribution in [1.82, 2.24) is 30.2 Å². The Morgan fingerprint density at radius 1 is 1.43 bits per heavy atom. The van der Waals surface area contributed by atoms with Gasteiger partial charge in [-0.3, -0.25) is 0 Å². The first-order valence-corrected chi connectivity index (χ1v) is 7.73. The van der Waals surface area contributed by atoms with Gasteiger partial charge in [-0.2, -0.15) is 0 Å². The van der Waals surface area contributed by atoms with Gasteiger partial charge in [0.15, 0.2) is 0 Å². The number of nitrogens with one attached hydrogen (secondary N) is 3. The Hall–Kier alpha value is -2.83. The summed E-state index contributed by atoms with van der Waals surface area (Å²) in [6.45, 7) is 4.63. The number of amides is 2. The fourth-order valence-corrected chi connectivity index (χ4v) is 2.67. The van der Waals surface area contributed by atoms with Crippen LogP contribution in [-0.4, -0.2) is 31.6 Å². The lowest BCUT2D eigenvalue weighted by atomic mass is 10.2. The summed E-state index contributed by atoms with van der Waals surface area (Å²) in [4.78, 5) is 23.5. The number of nitrogens with zero attached hydrogens (tertiary/aromatic N) is 3. The molecule has 2 amide bonds. The second-order valence-corrected chi connectivity index (χ2v) is 5.90. The molecule has 0 radical (unpaired) electrons. The Morgan fingerprint density at radius 3 is 3.13 bits per heavy atom. The Labute approximate surface area is 132 Å². The van der Waals surface area contributed by atoms with E-state index in [4.69, 9.17) is 0 Å². The van der Waals surface area contributed by atoms with Crippen LogP contribution in [0.3, 0.4) is 0 Å². The van der Waals surface area contributed by atoms with Gasteiger partial charge >= 0.3 is 6.03 Å². The number of allylic oxidation sites excluding steroid dienone is 1. The maximum absolute atomic E-state index is 11.7. The van der Waals surface area contributed by atoms with E-state index in [9.17, 15) is 4.79 Å². The minimum atomic E-state index is -0.162. The first kappa shape index (κ1) is 13.8. The van der Waals surface area contributed by atoms with E-state index in [2.05, 4.69) is 36.7 Å². The number of pyridine rings is 1. The fraction of sp³-hybridized carbons (Fsp3) is 0.312. The standard InChI is InChI=1S/C16H18N6O/c1-10(20-16(23)21-11-2-3-11)5-7-22-9-19-13-8-18-15-12(14(13)22)4-6-17-15/h4,6,8-9,11H,1-3,5,7H2,(H,17,18)(H2,20,21,23). The fourth-order valence-electron chi connectivity index (χ4n) is 2.67. The second-order valence-electron chi connectivity index (χ2n) is 5.90. The molecule has 0 atom stereocenters. The molecular weight excluding hydrogens is 292 g/mol. The zero-order valence-corrected chi connectivity index (χ0v) is 12.7. The molecule has 7 heteroatoms. The molecule has 0 aromatic carbocycles. The highest BCUT2D eigenvalue weighted by Crippen LogP contribution is 2.22. The summed E-state index contributed by atoms with van der Waals surface area (Å²) in [6.07, 6.45) is 8.23. The summed E-state index contributed by atoms with van der Waals surface area (Å²) in [6, 6.07) is 2.18. The largest absolute Gasteiger partial charge is 0.346 e. The van der Waals surface area contributed by atoms with Crippen LogP contribution >= 0.6 is 0 Å². The van der Waals surface area contributed by atoms with E-state index in [1.54, 1.807) is 12.5 Å². The number of carbonyl (C=O) groups excluding carboxylic acids is 1. The Morgan fingerprint density at radius 2 is 2.30 bits per heavy atom. The van der Waals surface area contributed by atoms with E-state index < -0.39 is 0 Å². The van der Waals surface area contributed by atoms with E-state index in [-0.39, 0.29) is 6.03 Å². The topological polar surface area (TPSA) is 87.6 Å². The van der Waals surface area contributed by atoms with Crippen LogP contribution < -0.4 is 10.6 Å². The molecule has 3 aromatic rings. The van der Waals surface area contributed by atoms with Crippen molar-refractivity contribution < 1.29 is 4.79 Å². The number of hydrogen-bond donors (Lipinski definition) is 3. The molecule has 0 aliphatic heterocycles. The zero-order valence-electron chi connectivity index (χ0n) is 12.7. The van der Waals surface area contributed by atoms with Gasteiger partial charge in [0.2, 0.25) is 0 Å². The van der Waals surface area contributed by atoms with Crippen LogP contribution in [0.4, 0.5) is 4.79 Å². The number of aryl methyl sites for hydroxylation is 1. The molecule has 4 rings (SSSR count). The molecule has 0 bridgehead atoms. The zero-order chi connectivity index (χ0) is 15.8. The van der Waals surface area contributed by atoms with Crippen LogP contribution in [0.2, 0.25) is 0 Å². The van der Waals surface area contributed by atoms with Gasteiger partial charge in [0.05, 0.1) is 18.0 Å². The minimum absolute atomic E-state index is 0.162. The van der Waals surface area contributed by atoms with Crippen molar-refractivity contribution in [1.29, 1.82) is 0 Å². The predicted molar refractivity (Wildman–Crippen MR) is 87.8 cm³/mol. The van der Waals surface area contributed by atoms with Gasteiger partial charge in [0.1, 0.15) is 11.2 Å². The number of aromatic amines is 1. The van der Waals surface area contributed by atoms with Crippen molar-refractivity contribution in [2.45, 2.75) is 31.8 Å². The molecule has 0 saturated heterocycles. The van der Waals surface area contributed by atoms with Crippen molar-refractivity contribution in [3.63, 3.8) is 0 Å². The number of rotatable bonds is 5. The molecule has 3 heterocycles.